The Morgan fingerprint density at radius 3 is 2.22 bits per heavy atom. The van der Waals surface area contributed by atoms with Gasteiger partial charge >= 0.3 is 11.9 Å². The number of benzene rings is 1. The van der Waals surface area contributed by atoms with Crippen LogP contribution in [0.2, 0.25) is 0 Å². The number of anilines is 1. The number of piperazine rings is 1. The lowest BCUT2D eigenvalue weighted by Crippen LogP contribution is -2.55. The number of ether oxygens (including phenoxy) is 1. The van der Waals surface area contributed by atoms with Gasteiger partial charge in [0.1, 0.15) is 17.9 Å². The van der Waals surface area contributed by atoms with Crippen molar-refractivity contribution < 1.29 is 37.1 Å². The van der Waals surface area contributed by atoms with Crippen molar-refractivity contribution in [1.82, 2.24) is 30.4 Å². The van der Waals surface area contributed by atoms with Crippen LogP contribution < -0.4 is 20.7 Å². The van der Waals surface area contributed by atoms with Gasteiger partial charge in [-0.25, -0.2) is 14.4 Å². The number of nitrogens with zero attached hydrogens (tertiary/aromatic N) is 4. The van der Waals surface area contributed by atoms with Gasteiger partial charge in [-0.15, -0.1) is 0 Å². The Morgan fingerprint density at radius 2 is 1.65 bits per heavy atom. The van der Waals surface area contributed by atoms with Crippen LogP contribution in [0.1, 0.15) is 69.9 Å². The van der Waals surface area contributed by atoms with Gasteiger partial charge in [0, 0.05) is 50.9 Å². The molecule has 2 aromatic rings. The number of hydrogen-bond acceptors (Lipinski definition) is 8. The van der Waals surface area contributed by atoms with Crippen molar-refractivity contribution in [3.8, 4) is 6.01 Å². The van der Waals surface area contributed by atoms with Crippen LogP contribution >= 0.6 is 0 Å². The van der Waals surface area contributed by atoms with E-state index in [-0.39, 0.29) is 29.9 Å². The molecule has 12 nitrogen and oxygen atoms in total. The molecule has 3 N–H and O–H groups in total. The van der Waals surface area contributed by atoms with Crippen molar-refractivity contribution in [3.05, 3.63) is 47.5 Å². The molecular formula is C34H46F3N7O5. The van der Waals surface area contributed by atoms with E-state index in [1.54, 1.807) is 24.8 Å². The van der Waals surface area contributed by atoms with Crippen LogP contribution in [-0.2, 0) is 25.1 Å². The number of carbonyl (C=O) groups is 4. The maximum atomic E-state index is 15.6. The molecule has 1 aliphatic heterocycles. The molecule has 1 saturated heterocycles. The molecule has 1 unspecified atom stereocenters. The second-order valence-corrected chi connectivity index (χ2v) is 13.0. The summed E-state index contributed by atoms with van der Waals surface area (Å²) in [5.41, 5.74) is -0.594. The van der Waals surface area contributed by atoms with Crippen molar-refractivity contribution in [3.63, 3.8) is 0 Å². The molecule has 4 amide bonds. The average Bonchev–Trinajstić information content (AvgIpc) is 3.10. The van der Waals surface area contributed by atoms with Gasteiger partial charge in [0.05, 0.1) is 18.4 Å². The van der Waals surface area contributed by atoms with Gasteiger partial charge in [-0.3, -0.25) is 19.2 Å². The van der Waals surface area contributed by atoms with Gasteiger partial charge < -0.3 is 30.5 Å². The highest BCUT2D eigenvalue weighted by Crippen LogP contribution is 2.33. The number of carbonyl (C=O) groups excluding carboxylic acids is 4. The molecular weight excluding hydrogens is 643 g/mol. The minimum atomic E-state index is -4.07. The zero-order valence-corrected chi connectivity index (χ0v) is 28.6. The Hall–Kier alpha value is -4.27. The van der Waals surface area contributed by atoms with Gasteiger partial charge in [-0.05, 0) is 49.4 Å². The van der Waals surface area contributed by atoms with Gasteiger partial charge in [0.2, 0.25) is 17.7 Å². The first-order valence-electron chi connectivity index (χ1n) is 16.7. The number of rotatable bonds is 12. The molecule has 0 radical (unpaired) electrons. The third-order valence-corrected chi connectivity index (χ3v) is 9.55. The third kappa shape index (κ3) is 9.25. The largest absolute Gasteiger partial charge is 0.467 e. The summed E-state index contributed by atoms with van der Waals surface area (Å²) in [6.07, 6.45) is 4.18. The summed E-state index contributed by atoms with van der Waals surface area (Å²) in [7, 11) is 3.23. The summed E-state index contributed by atoms with van der Waals surface area (Å²) < 4.78 is 50.9. The van der Waals surface area contributed by atoms with Crippen LogP contribution in [0.25, 0.3) is 0 Å². The lowest BCUT2D eigenvalue weighted by atomic mass is 9.79. The predicted octanol–water partition coefficient (Wildman–Crippen LogP) is 3.44. The Kier molecular flexibility index (Phi) is 12.6. The number of halogens is 3. The molecule has 1 aromatic heterocycles. The highest BCUT2D eigenvalue weighted by Gasteiger charge is 2.45. The number of nitrogens with one attached hydrogen (secondary N) is 3. The molecule has 0 spiro atoms. The number of hydrogen-bond donors (Lipinski definition) is 3. The van der Waals surface area contributed by atoms with Crippen LogP contribution in [0.5, 0.6) is 6.01 Å². The Labute approximate surface area is 284 Å². The minimum Gasteiger partial charge on any atom is -0.467 e. The highest BCUT2D eigenvalue weighted by atomic mass is 19.3. The minimum absolute atomic E-state index is 0.154. The zero-order chi connectivity index (χ0) is 35.9. The van der Waals surface area contributed by atoms with Crippen LogP contribution in [-0.4, -0.2) is 95.8 Å². The first kappa shape index (κ1) is 37.5. The molecule has 268 valence electrons. The normalized spacial score (nSPS) is 20.4. The topological polar surface area (TPSA) is 146 Å². The molecule has 3 atom stereocenters. The summed E-state index contributed by atoms with van der Waals surface area (Å²) in [4.78, 5) is 63.6. The van der Waals surface area contributed by atoms with Gasteiger partial charge in [-0.1, -0.05) is 39.7 Å². The molecule has 1 aromatic carbocycles. The molecule has 2 heterocycles. The van der Waals surface area contributed by atoms with Crippen LogP contribution in [0.15, 0.2) is 30.6 Å². The Bertz CT molecular complexity index is 1480. The summed E-state index contributed by atoms with van der Waals surface area (Å²) >= 11 is 0. The standard InChI is InChI=1S/C34H46F3N7O5/c1-6-27(45)41-28(31(47)44-15-13-43(4)14-16-44)21(3)23-11-12-26(25(35)17-23)40-30(46)29(22-9-7-20(2)8-10-22)42-32(48)34(36,37)24-18-38-33(49-5)39-19-24/h11-12,17-22,28-29H,6-10,13-16H2,1-5H3,(H,40,46)(H,41,45)(H,42,48)/t20?,21-,22?,28+,29?/m0/s1. The zero-order valence-electron chi connectivity index (χ0n) is 28.6. The summed E-state index contributed by atoms with van der Waals surface area (Å²) in [6.45, 7) is 7.81. The van der Waals surface area contributed by atoms with E-state index in [2.05, 4.69) is 37.7 Å². The summed E-state index contributed by atoms with van der Waals surface area (Å²) in [5, 5.41) is 7.50. The highest BCUT2D eigenvalue weighted by molar-refractivity contribution is 5.98. The van der Waals surface area contributed by atoms with E-state index in [9.17, 15) is 19.2 Å². The molecule has 15 heteroatoms. The first-order valence-corrected chi connectivity index (χ1v) is 16.7. The lowest BCUT2D eigenvalue weighted by Gasteiger charge is -2.36. The van der Waals surface area contributed by atoms with E-state index < -0.39 is 53.0 Å². The van der Waals surface area contributed by atoms with Crippen molar-refractivity contribution in [2.45, 2.75) is 76.8 Å². The van der Waals surface area contributed by atoms with Crippen LogP contribution in [0.3, 0.4) is 0 Å². The molecule has 49 heavy (non-hydrogen) atoms. The van der Waals surface area contributed by atoms with Crippen molar-refractivity contribution in [2.75, 3.05) is 45.7 Å². The van der Waals surface area contributed by atoms with E-state index >= 15 is 13.2 Å². The predicted molar refractivity (Wildman–Crippen MR) is 175 cm³/mol. The maximum Gasteiger partial charge on any atom is 0.352 e. The fraction of sp³-hybridized carbons (Fsp3) is 0.588. The van der Waals surface area contributed by atoms with E-state index in [1.807, 2.05) is 7.05 Å². The fourth-order valence-electron chi connectivity index (χ4n) is 6.18. The summed E-state index contributed by atoms with van der Waals surface area (Å²) in [6, 6.07) is 1.57. The lowest BCUT2D eigenvalue weighted by molar-refractivity contribution is -0.149. The van der Waals surface area contributed by atoms with Gasteiger partial charge in [0.25, 0.3) is 5.91 Å². The van der Waals surface area contributed by atoms with Gasteiger partial charge in [-0.2, -0.15) is 8.78 Å². The molecule has 0 bridgehead atoms. The number of likely N-dealkylation sites (N-methyl/N-ethyl adjacent to an activating group) is 1. The summed E-state index contributed by atoms with van der Waals surface area (Å²) in [5.74, 6) is -8.75. The number of amides is 4. The van der Waals surface area contributed by atoms with Crippen molar-refractivity contribution in [1.29, 1.82) is 0 Å². The van der Waals surface area contributed by atoms with Crippen molar-refractivity contribution in [2.24, 2.45) is 11.8 Å². The second-order valence-electron chi connectivity index (χ2n) is 13.0. The average molecular weight is 690 g/mol. The van der Waals surface area contributed by atoms with Crippen molar-refractivity contribution >= 4 is 29.3 Å². The third-order valence-electron chi connectivity index (χ3n) is 9.55. The molecule has 4 rings (SSSR count). The molecule has 1 saturated carbocycles. The van der Waals surface area contributed by atoms with E-state index in [4.69, 9.17) is 4.74 Å². The maximum absolute atomic E-state index is 15.6. The Morgan fingerprint density at radius 1 is 1.02 bits per heavy atom. The van der Waals surface area contributed by atoms with E-state index in [1.165, 1.54) is 19.2 Å². The second kappa shape index (κ2) is 16.4. The molecule has 1 aliphatic carbocycles. The molecule has 2 aliphatic rings. The van der Waals surface area contributed by atoms with Crippen LogP contribution in [0, 0.1) is 17.7 Å². The van der Waals surface area contributed by atoms with E-state index in [0.717, 1.165) is 25.2 Å². The SMILES string of the molecule is CCC(=O)N[C@@H](C(=O)N1CCN(C)CC1)[C@@H](C)c1ccc(NC(=O)C(NC(=O)C(F)(F)c2cnc(OC)nc2)C2CCC(C)CC2)c(F)c1. The number of aromatic nitrogens is 2. The number of methoxy groups -OCH3 is 1. The Balaban J connectivity index is 1.53. The monoisotopic (exact) mass is 689 g/mol. The smallest absolute Gasteiger partial charge is 0.352 e. The quantitative estimate of drug-likeness (QED) is 0.308. The number of alkyl halides is 2. The van der Waals surface area contributed by atoms with E-state index in [0.29, 0.717) is 50.5 Å². The first-order chi connectivity index (χ1) is 23.2. The molecule has 2 fully saturated rings. The van der Waals surface area contributed by atoms with Gasteiger partial charge in [0.15, 0.2) is 0 Å². The fourth-order valence-corrected chi connectivity index (χ4v) is 6.18. The van der Waals surface area contributed by atoms with Crippen LogP contribution in [0.4, 0.5) is 18.9 Å².